The zero-order chi connectivity index (χ0) is 29.4. The van der Waals surface area contributed by atoms with Crippen molar-refractivity contribution in [3.63, 3.8) is 0 Å². The van der Waals surface area contributed by atoms with E-state index in [1.807, 2.05) is 13.8 Å². The van der Waals surface area contributed by atoms with Crippen LogP contribution in [0.25, 0.3) is 11.0 Å². The number of hydrogen-bond donors (Lipinski definition) is 2. The Bertz CT molecular complexity index is 1690. The quantitative estimate of drug-likeness (QED) is 0.239. The number of imidazole rings is 1. The van der Waals surface area contributed by atoms with Crippen LogP contribution in [0.5, 0.6) is 17.2 Å². The lowest BCUT2D eigenvalue weighted by Crippen LogP contribution is -2.23. The molecule has 0 saturated heterocycles. The number of carboxylic acids is 1. The van der Waals surface area contributed by atoms with Gasteiger partial charge in [0, 0.05) is 23.1 Å². The number of nitrogens with one attached hydrogen (secondary N) is 1. The summed E-state index contributed by atoms with van der Waals surface area (Å²) in [6, 6.07) is 6.35. The van der Waals surface area contributed by atoms with Crippen molar-refractivity contribution in [2.75, 3.05) is 14.2 Å². The van der Waals surface area contributed by atoms with Gasteiger partial charge in [0.2, 0.25) is 9.84 Å². The van der Waals surface area contributed by atoms with Crippen LogP contribution in [0.3, 0.4) is 0 Å². The summed E-state index contributed by atoms with van der Waals surface area (Å²) >= 11 is 1.40. The molecule has 10 nitrogen and oxygen atoms in total. The number of pyridine rings is 1. The van der Waals surface area contributed by atoms with Gasteiger partial charge in [-0.2, -0.15) is 0 Å². The number of ether oxygens (including phenoxy) is 3. The van der Waals surface area contributed by atoms with Crippen molar-refractivity contribution in [1.29, 1.82) is 0 Å². The SMILES string of the molecule is COc1ccc2[nH]c(SCc3ncc(C)c(OC)c3C)nc2c1S(=O)(=O)c1c(C)cc(OC(C)C(=O)O)cc1C. The van der Waals surface area contributed by atoms with Gasteiger partial charge >= 0.3 is 5.97 Å². The van der Waals surface area contributed by atoms with Crippen LogP contribution in [-0.2, 0) is 20.4 Å². The molecule has 0 saturated carbocycles. The van der Waals surface area contributed by atoms with E-state index in [-0.39, 0.29) is 26.8 Å². The predicted molar refractivity (Wildman–Crippen MR) is 152 cm³/mol. The molecule has 0 spiro atoms. The lowest BCUT2D eigenvalue weighted by Gasteiger charge is -2.17. The van der Waals surface area contributed by atoms with Gasteiger partial charge in [-0.15, -0.1) is 0 Å². The molecule has 12 heteroatoms. The number of sulfone groups is 1. The third-order valence-corrected chi connectivity index (χ3v) is 9.50. The summed E-state index contributed by atoms with van der Waals surface area (Å²) in [6.45, 7) is 8.57. The number of nitrogens with zero attached hydrogens (tertiary/aromatic N) is 2. The van der Waals surface area contributed by atoms with Gasteiger partial charge in [-0.05, 0) is 70.0 Å². The van der Waals surface area contributed by atoms with Crippen molar-refractivity contribution < 1.29 is 32.5 Å². The molecule has 0 aliphatic rings. The molecule has 0 amide bonds. The van der Waals surface area contributed by atoms with E-state index < -0.39 is 21.9 Å². The number of carboxylic acid groups (broad SMARTS) is 1. The summed E-state index contributed by atoms with van der Waals surface area (Å²) in [7, 11) is -1.09. The van der Waals surface area contributed by atoms with E-state index in [2.05, 4.69) is 15.0 Å². The molecule has 1 atom stereocenters. The minimum Gasteiger partial charge on any atom is -0.496 e. The molecule has 4 aromatic rings. The molecule has 4 rings (SSSR count). The number of thioether (sulfide) groups is 1. The van der Waals surface area contributed by atoms with Crippen LogP contribution in [0.1, 0.15) is 34.9 Å². The van der Waals surface area contributed by atoms with Crippen LogP contribution < -0.4 is 14.2 Å². The zero-order valence-electron chi connectivity index (χ0n) is 23.3. The van der Waals surface area contributed by atoms with Crippen LogP contribution in [0.2, 0.25) is 0 Å². The molecular weight excluding hydrogens is 554 g/mol. The van der Waals surface area contributed by atoms with Gasteiger partial charge in [0.05, 0.1) is 30.3 Å². The molecule has 2 N–H and O–H groups in total. The Morgan fingerprint density at radius 2 is 1.73 bits per heavy atom. The summed E-state index contributed by atoms with van der Waals surface area (Å²) in [6.07, 6.45) is 0.675. The van der Waals surface area contributed by atoms with E-state index in [0.29, 0.717) is 27.6 Å². The zero-order valence-corrected chi connectivity index (χ0v) is 24.9. The highest BCUT2D eigenvalue weighted by atomic mass is 32.2. The molecule has 40 heavy (non-hydrogen) atoms. The van der Waals surface area contributed by atoms with E-state index in [4.69, 9.17) is 14.2 Å². The summed E-state index contributed by atoms with van der Waals surface area (Å²) < 4.78 is 44.8. The van der Waals surface area contributed by atoms with Crippen molar-refractivity contribution in [1.82, 2.24) is 15.0 Å². The second-order valence-corrected chi connectivity index (χ2v) is 12.1. The Morgan fingerprint density at radius 1 is 1.05 bits per heavy atom. The number of H-pyrrole nitrogens is 1. The largest absolute Gasteiger partial charge is 0.496 e. The topological polar surface area (TPSA) is 141 Å². The molecule has 0 aliphatic heterocycles. The fraction of sp³-hybridized carbons (Fsp3) is 0.321. The van der Waals surface area contributed by atoms with Gasteiger partial charge < -0.3 is 24.3 Å². The van der Waals surface area contributed by atoms with Crippen LogP contribution in [0, 0.1) is 27.7 Å². The molecule has 212 valence electrons. The van der Waals surface area contributed by atoms with Gasteiger partial charge in [0.15, 0.2) is 11.3 Å². The van der Waals surface area contributed by atoms with Crippen molar-refractivity contribution in [3.05, 3.63) is 58.4 Å². The Kier molecular flexibility index (Phi) is 8.31. The Hall–Kier alpha value is -3.77. The molecule has 0 radical (unpaired) electrons. The minimum absolute atomic E-state index is 0.0549. The van der Waals surface area contributed by atoms with E-state index in [1.54, 1.807) is 39.3 Å². The van der Waals surface area contributed by atoms with Crippen LogP contribution in [-0.4, -0.2) is 54.8 Å². The average molecular weight is 586 g/mol. The first-order valence-corrected chi connectivity index (χ1v) is 14.8. The number of hydrogen-bond acceptors (Lipinski definition) is 9. The number of aryl methyl sites for hydroxylation is 3. The monoisotopic (exact) mass is 585 g/mol. The van der Waals surface area contributed by atoms with Gasteiger partial charge in [-0.3, -0.25) is 4.98 Å². The first kappa shape index (κ1) is 29.2. The lowest BCUT2D eigenvalue weighted by atomic mass is 10.1. The second-order valence-electron chi connectivity index (χ2n) is 9.36. The summed E-state index contributed by atoms with van der Waals surface area (Å²) in [5.74, 6) is 0.589. The highest BCUT2D eigenvalue weighted by Crippen LogP contribution is 2.39. The molecule has 2 aromatic carbocycles. The molecule has 1 unspecified atom stereocenters. The lowest BCUT2D eigenvalue weighted by molar-refractivity contribution is -0.144. The highest BCUT2D eigenvalue weighted by molar-refractivity contribution is 7.98. The van der Waals surface area contributed by atoms with Crippen molar-refractivity contribution >= 4 is 38.6 Å². The number of methoxy groups -OCH3 is 2. The fourth-order valence-corrected chi connectivity index (χ4v) is 7.51. The minimum atomic E-state index is -4.12. The molecule has 0 aliphatic carbocycles. The van der Waals surface area contributed by atoms with Gasteiger partial charge in [-0.25, -0.2) is 18.2 Å². The molecule has 2 aromatic heterocycles. The maximum Gasteiger partial charge on any atom is 0.344 e. The smallest absolute Gasteiger partial charge is 0.344 e. The summed E-state index contributed by atoms with van der Waals surface area (Å²) in [5, 5.41) is 9.70. The molecular formula is C28H31N3O7S2. The highest BCUT2D eigenvalue weighted by Gasteiger charge is 2.31. The average Bonchev–Trinajstić information content (AvgIpc) is 3.30. The standard InChI is InChI=1S/C28H31N3O7S2/c1-14-10-19(38-18(5)27(32)33)11-15(2)25(14)40(34,35)26-22(36-6)9-8-20-23(26)31-28(30-20)39-13-21-17(4)24(37-7)16(3)12-29-21/h8-12,18H,13H2,1-7H3,(H,30,31)(H,32,33). The van der Waals surface area contributed by atoms with Gasteiger partial charge in [-0.1, -0.05) is 11.8 Å². The number of carbonyl (C=O) groups is 1. The maximum atomic E-state index is 14.1. The van der Waals surface area contributed by atoms with Crippen molar-refractivity contribution in [2.45, 2.75) is 61.4 Å². The fourth-order valence-electron chi connectivity index (χ4n) is 4.61. The molecule has 0 bridgehead atoms. The second kappa shape index (κ2) is 11.4. The normalized spacial score (nSPS) is 12.4. The Labute approximate surface area is 237 Å². The van der Waals surface area contributed by atoms with E-state index >= 15 is 0 Å². The van der Waals surface area contributed by atoms with Crippen LogP contribution >= 0.6 is 11.8 Å². The van der Waals surface area contributed by atoms with Gasteiger partial charge in [0.1, 0.15) is 27.7 Å². The maximum absolute atomic E-state index is 14.1. The third kappa shape index (κ3) is 5.46. The van der Waals surface area contributed by atoms with Crippen LogP contribution in [0.4, 0.5) is 0 Å². The molecule has 2 heterocycles. The third-order valence-electron chi connectivity index (χ3n) is 6.50. The first-order chi connectivity index (χ1) is 18.9. The number of fused-ring (bicyclic) bond motifs is 1. The Morgan fingerprint density at radius 3 is 2.33 bits per heavy atom. The molecule has 0 fully saturated rings. The van der Waals surface area contributed by atoms with Gasteiger partial charge in [0.25, 0.3) is 0 Å². The van der Waals surface area contributed by atoms with Crippen molar-refractivity contribution in [2.24, 2.45) is 0 Å². The Balaban J connectivity index is 1.75. The predicted octanol–water partition coefficient (Wildman–Crippen LogP) is 5.19. The van der Waals surface area contributed by atoms with Crippen LogP contribution in [0.15, 0.2) is 45.4 Å². The first-order valence-electron chi connectivity index (χ1n) is 12.3. The number of rotatable bonds is 10. The number of benzene rings is 2. The summed E-state index contributed by atoms with van der Waals surface area (Å²) in [4.78, 5) is 23.6. The van der Waals surface area contributed by atoms with E-state index in [0.717, 1.165) is 22.6 Å². The van der Waals surface area contributed by atoms with Crippen molar-refractivity contribution in [3.8, 4) is 17.2 Å². The summed E-state index contributed by atoms with van der Waals surface area (Å²) in [5.41, 5.74) is 4.33. The van der Waals surface area contributed by atoms with E-state index in [9.17, 15) is 18.3 Å². The van der Waals surface area contributed by atoms with E-state index in [1.165, 1.54) is 37.9 Å². The number of aromatic amines is 1. The number of aromatic nitrogens is 3. The number of aliphatic carboxylic acids is 1.